The topological polar surface area (TPSA) is 75.6 Å². The number of methoxy groups -OCH3 is 1. The molecule has 0 spiro atoms. The molecule has 7 heteroatoms. The van der Waals surface area contributed by atoms with E-state index in [0.717, 1.165) is 0 Å². The Bertz CT molecular complexity index is 522. The zero-order chi connectivity index (χ0) is 14.0. The van der Waals surface area contributed by atoms with E-state index in [0.29, 0.717) is 5.75 Å². The van der Waals surface area contributed by atoms with Crippen LogP contribution < -0.4 is 10.1 Å². The van der Waals surface area contributed by atoms with Gasteiger partial charge in [-0.05, 0) is 12.1 Å². The van der Waals surface area contributed by atoms with E-state index >= 15 is 0 Å². The molecule has 3 unspecified atom stereocenters. The Balaban J connectivity index is 2.35. The van der Waals surface area contributed by atoms with Crippen LogP contribution in [0.2, 0.25) is 0 Å². The normalized spacial score (nSPS) is 26.9. The molecule has 1 fully saturated rings. The first kappa shape index (κ1) is 14.0. The zero-order valence-electron chi connectivity index (χ0n) is 10.3. The molecule has 0 amide bonds. The Morgan fingerprint density at radius 2 is 2.26 bits per heavy atom. The Morgan fingerprint density at radius 3 is 2.89 bits per heavy atom. The third-order valence-electron chi connectivity index (χ3n) is 2.99. The van der Waals surface area contributed by atoms with Crippen molar-refractivity contribution in [2.24, 2.45) is 0 Å². The van der Waals surface area contributed by atoms with Gasteiger partial charge in [0.2, 0.25) is 0 Å². The van der Waals surface area contributed by atoms with Crippen LogP contribution in [0.1, 0.15) is 11.6 Å². The number of hydrogen-bond donors (Lipinski definition) is 2. The monoisotopic (exact) mass is 287 g/mol. The fourth-order valence-corrected chi connectivity index (χ4v) is 3.50. The summed E-state index contributed by atoms with van der Waals surface area (Å²) in [5.74, 6) is -1.07. The van der Waals surface area contributed by atoms with Crippen molar-refractivity contribution in [3.63, 3.8) is 0 Å². The summed E-state index contributed by atoms with van der Waals surface area (Å²) in [5.41, 5.74) is 0.226. The van der Waals surface area contributed by atoms with Crippen LogP contribution in [-0.2, 0) is 15.6 Å². The molecule has 1 saturated heterocycles. The number of rotatable bonds is 3. The molecular formula is C12H14FNO4S. The number of aliphatic carboxylic acids is 1. The van der Waals surface area contributed by atoms with Gasteiger partial charge in [-0.2, -0.15) is 0 Å². The SMILES string of the molecule is COc1cccc(F)c1C1CS(=O)CC(C(=O)O)N1. The summed E-state index contributed by atoms with van der Waals surface area (Å²) in [6, 6.07) is 2.79. The predicted octanol–water partition coefficient (Wildman–Crippen LogP) is 0.680. The van der Waals surface area contributed by atoms with Gasteiger partial charge in [-0.25, -0.2) is 4.39 Å². The molecule has 0 saturated carbocycles. The molecule has 2 N–H and O–H groups in total. The molecule has 3 atom stereocenters. The van der Waals surface area contributed by atoms with Crippen molar-refractivity contribution in [3.05, 3.63) is 29.6 Å². The molecule has 0 aliphatic carbocycles. The van der Waals surface area contributed by atoms with Crippen LogP contribution in [0.25, 0.3) is 0 Å². The number of ether oxygens (including phenoxy) is 1. The van der Waals surface area contributed by atoms with E-state index in [4.69, 9.17) is 9.84 Å². The third kappa shape index (κ3) is 2.93. The van der Waals surface area contributed by atoms with Crippen LogP contribution in [0.15, 0.2) is 18.2 Å². The number of hydrogen-bond acceptors (Lipinski definition) is 4. The molecule has 1 aliphatic heterocycles. The maximum absolute atomic E-state index is 13.9. The highest BCUT2D eigenvalue weighted by Crippen LogP contribution is 2.30. The quantitative estimate of drug-likeness (QED) is 0.855. The molecular weight excluding hydrogens is 273 g/mol. The lowest BCUT2D eigenvalue weighted by atomic mass is 10.0. The van der Waals surface area contributed by atoms with E-state index in [2.05, 4.69) is 5.32 Å². The van der Waals surface area contributed by atoms with Crippen molar-refractivity contribution in [3.8, 4) is 5.75 Å². The zero-order valence-corrected chi connectivity index (χ0v) is 11.1. The summed E-state index contributed by atoms with van der Waals surface area (Å²) in [7, 11) is 0.104. The Labute approximate surface area is 112 Å². The second-order valence-electron chi connectivity index (χ2n) is 4.24. The molecule has 5 nitrogen and oxygen atoms in total. The molecule has 1 aliphatic rings. The largest absolute Gasteiger partial charge is 0.496 e. The van der Waals surface area contributed by atoms with Gasteiger partial charge in [-0.15, -0.1) is 0 Å². The predicted molar refractivity (Wildman–Crippen MR) is 68.1 cm³/mol. The number of carboxylic acid groups (broad SMARTS) is 1. The highest BCUT2D eigenvalue weighted by molar-refractivity contribution is 7.85. The second kappa shape index (κ2) is 5.66. The van der Waals surface area contributed by atoms with Crippen molar-refractivity contribution in [2.75, 3.05) is 18.6 Å². The smallest absolute Gasteiger partial charge is 0.321 e. The van der Waals surface area contributed by atoms with Crippen LogP contribution in [0.3, 0.4) is 0 Å². The van der Waals surface area contributed by atoms with E-state index in [-0.39, 0.29) is 17.1 Å². The number of halogens is 1. The number of carboxylic acids is 1. The molecule has 0 radical (unpaired) electrons. The average molecular weight is 287 g/mol. The van der Waals surface area contributed by atoms with Gasteiger partial charge in [-0.3, -0.25) is 14.3 Å². The van der Waals surface area contributed by atoms with Gasteiger partial charge in [0.25, 0.3) is 0 Å². The van der Waals surface area contributed by atoms with E-state index in [9.17, 15) is 13.4 Å². The van der Waals surface area contributed by atoms with Crippen LogP contribution in [0.4, 0.5) is 4.39 Å². The maximum Gasteiger partial charge on any atom is 0.321 e. The summed E-state index contributed by atoms with van der Waals surface area (Å²) < 4.78 is 30.7. The van der Waals surface area contributed by atoms with Gasteiger partial charge < -0.3 is 9.84 Å². The lowest BCUT2D eigenvalue weighted by Gasteiger charge is -2.29. The lowest BCUT2D eigenvalue weighted by molar-refractivity contribution is -0.139. The molecule has 1 heterocycles. The van der Waals surface area contributed by atoms with Gasteiger partial charge in [-0.1, -0.05) is 6.07 Å². The van der Waals surface area contributed by atoms with Crippen LogP contribution in [0.5, 0.6) is 5.75 Å². The fraction of sp³-hybridized carbons (Fsp3) is 0.417. The fourth-order valence-electron chi connectivity index (χ4n) is 2.12. The maximum atomic E-state index is 13.9. The molecule has 19 heavy (non-hydrogen) atoms. The van der Waals surface area contributed by atoms with Crippen LogP contribution in [0, 0.1) is 5.82 Å². The first-order valence-electron chi connectivity index (χ1n) is 5.69. The van der Waals surface area contributed by atoms with Gasteiger partial charge in [0.05, 0.1) is 13.2 Å². The van der Waals surface area contributed by atoms with E-state index in [1.165, 1.54) is 19.2 Å². The standard InChI is InChI=1S/C12H14FNO4S/c1-18-10-4-2-3-7(13)11(10)8-5-19(17)6-9(14-8)12(15)16/h2-4,8-9,14H,5-6H2,1H3,(H,15,16). The molecule has 2 rings (SSSR count). The minimum atomic E-state index is -1.31. The van der Waals surface area contributed by atoms with E-state index < -0.39 is 34.7 Å². The Kier molecular flexibility index (Phi) is 4.16. The average Bonchev–Trinajstić information content (AvgIpc) is 2.37. The number of carbonyl (C=O) groups is 1. The minimum absolute atomic E-state index is 0.0304. The summed E-state index contributed by atoms with van der Waals surface area (Å²) in [6.45, 7) is 0. The van der Waals surface area contributed by atoms with E-state index in [1.54, 1.807) is 6.07 Å². The summed E-state index contributed by atoms with van der Waals surface area (Å²) in [4.78, 5) is 11.0. The van der Waals surface area contributed by atoms with Crippen molar-refractivity contribution >= 4 is 16.8 Å². The van der Waals surface area contributed by atoms with Gasteiger partial charge in [0, 0.05) is 27.9 Å². The van der Waals surface area contributed by atoms with Crippen LogP contribution in [-0.4, -0.2) is 39.9 Å². The van der Waals surface area contributed by atoms with Crippen molar-refractivity contribution in [1.82, 2.24) is 5.32 Å². The molecule has 1 aromatic rings. The number of benzene rings is 1. The Morgan fingerprint density at radius 1 is 1.53 bits per heavy atom. The van der Waals surface area contributed by atoms with Crippen molar-refractivity contribution < 1.29 is 23.2 Å². The van der Waals surface area contributed by atoms with E-state index in [1.807, 2.05) is 0 Å². The number of nitrogens with one attached hydrogen (secondary N) is 1. The summed E-state index contributed by atoms with van der Waals surface area (Å²) in [6.07, 6.45) is 0. The summed E-state index contributed by atoms with van der Waals surface area (Å²) in [5, 5.41) is 11.8. The minimum Gasteiger partial charge on any atom is -0.496 e. The molecule has 0 aromatic heterocycles. The van der Waals surface area contributed by atoms with Gasteiger partial charge in [0.1, 0.15) is 17.6 Å². The molecule has 1 aromatic carbocycles. The van der Waals surface area contributed by atoms with Gasteiger partial charge in [0.15, 0.2) is 0 Å². The summed E-state index contributed by atoms with van der Waals surface area (Å²) >= 11 is 0. The van der Waals surface area contributed by atoms with Gasteiger partial charge >= 0.3 is 5.97 Å². The second-order valence-corrected chi connectivity index (χ2v) is 5.79. The highest BCUT2D eigenvalue weighted by atomic mass is 32.2. The van der Waals surface area contributed by atoms with Crippen molar-refractivity contribution in [1.29, 1.82) is 0 Å². The first-order chi connectivity index (χ1) is 9.02. The molecule has 0 bridgehead atoms. The highest BCUT2D eigenvalue weighted by Gasteiger charge is 2.33. The Hall–Kier alpha value is -1.47. The van der Waals surface area contributed by atoms with Crippen LogP contribution >= 0.6 is 0 Å². The first-order valence-corrected chi connectivity index (χ1v) is 7.18. The lowest BCUT2D eigenvalue weighted by Crippen LogP contribution is -2.49. The van der Waals surface area contributed by atoms with Crippen molar-refractivity contribution in [2.45, 2.75) is 12.1 Å². The molecule has 104 valence electrons. The third-order valence-corrected chi connectivity index (χ3v) is 4.40.